The van der Waals surface area contributed by atoms with E-state index >= 15 is 0 Å². The van der Waals surface area contributed by atoms with E-state index in [9.17, 15) is 9.59 Å². The number of fused-ring (bicyclic) bond motifs is 1. The lowest BCUT2D eigenvalue weighted by molar-refractivity contribution is -0.127. The first-order valence-electron chi connectivity index (χ1n) is 18.3. The molecule has 7 rings (SSSR count). The molecule has 1 fully saturated rings. The SMILES string of the molecule is COc1cc2ccccc2c(C(=O)N2CCC[C@H]2C2=NC=C(c3ccc(-c4ccc(-c5cnc([C@@H](CC(=O)C(C)(C)C)C(C)C)[nH]5)cc4)cc3)C2)n1. The van der Waals surface area contributed by atoms with Crippen LogP contribution in [0.4, 0.5) is 0 Å². The van der Waals surface area contributed by atoms with Crippen LogP contribution in [0, 0.1) is 11.3 Å². The van der Waals surface area contributed by atoms with Gasteiger partial charge in [0.05, 0.1) is 25.0 Å². The van der Waals surface area contributed by atoms with Crippen molar-refractivity contribution < 1.29 is 14.3 Å². The monoisotopic (exact) mass is 693 g/mol. The van der Waals surface area contributed by atoms with E-state index in [1.165, 1.54) is 0 Å². The molecule has 2 aliphatic rings. The summed E-state index contributed by atoms with van der Waals surface area (Å²) < 4.78 is 5.43. The van der Waals surface area contributed by atoms with Gasteiger partial charge in [0.2, 0.25) is 5.88 Å². The lowest BCUT2D eigenvalue weighted by atomic mass is 9.81. The van der Waals surface area contributed by atoms with Crippen LogP contribution in [-0.2, 0) is 4.79 Å². The molecule has 1 saturated heterocycles. The van der Waals surface area contributed by atoms with Crippen LogP contribution in [-0.4, -0.2) is 57.0 Å². The van der Waals surface area contributed by atoms with Crippen LogP contribution in [0.3, 0.4) is 0 Å². The number of aromatic amines is 1. The summed E-state index contributed by atoms with van der Waals surface area (Å²) in [6, 6.07) is 26.7. The maximum absolute atomic E-state index is 14.0. The quantitative estimate of drug-likeness (QED) is 0.157. The number of hydrogen-bond donors (Lipinski definition) is 1. The topological polar surface area (TPSA) is 101 Å². The molecular formula is C44H47N5O3. The number of ether oxygens (including phenoxy) is 1. The molecule has 0 saturated carbocycles. The minimum Gasteiger partial charge on any atom is -0.481 e. The van der Waals surface area contributed by atoms with Gasteiger partial charge in [0.1, 0.15) is 17.3 Å². The van der Waals surface area contributed by atoms with Crippen LogP contribution in [0.25, 0.3) is 38.7 Å². The number of likely N-dealkylation sites (tertiary alicyclic amines) is 1. The number of allylic oxidation sites excluding steroid dienone is 1. The highest BCUT2D eigenvalue weighted by Gasteiger charge is 2.36. The van der Waals surface area contributed by atoms with Gasteiger partial charge in [0.15, 0.2) is 0 Å². The van der Waals surface area contributed by atoms with Crippen molar-refractivity contribution in [2.45, 2.75) is 72.3 Å². The molecule has 266 valence electrons. The summed E-state index contributed by atoms with van der Waals surface area (Å²) >= 11 is 0. The predicted octanol–water partition coefficient (Wildman–Crippen LogP) is 9.54. The van der Waals surface area contributed by atoms with Gasteiger partial charge in [0, 0.05) is 54.1 Å². The van der Waals surface area contributed by atoms with E-state index in [4.69, 9.17) is 14.7 Å². The molecule has 8 heteroatoms. The zero-order valence-corrected chi connectivity index (χ0v) is 30.9. The van der Waals surface area contributed by atoms with Gasteiger partial charge in [-0.3, -0.25) is 14.6 Å². The fourth-order valence-electron chi connectivity index (χ4n) is 7.31. The number of nitrogens with zero attached hydrogens (tertiary/aromatic N) is 4. The highest BCUT2D eigenvalue weighted by molar-refractivity contribution is 6.09. The molecule has 0 unspecified atom stereocenters. The van der Waals surface area contributed by atoms with Crippen LogP contribution < -0.4 is 4.74 Å². The number of amides is 1. The number of imidazole rings is 1. The normalized spacial score (nSPS) is 16.7. The number of H-pyrrole nitrogens is 1. The van der Waals surface area contributed by atoms with Gasteiger partial charge in [-0.05, 0) is 52.0 Å². The first-order valence-corrected chi connectivity index (χ1v) is 18.3. The fraction of sp³-hybridized carbons (Fsp3) is 0.341. The van der Waals surface area contributed by atoms with Crippen molar-refractivity contribution in [2.24, 2.45) is 16.3 Å². The number of pyridine rings is 1. The van der Waals surface area contributed by atoms with Crippen LogP contribution in [0.5, 0.6) is 5.88 Å². The average molecular weight is 694 g/mol. The Balaban J connectivity index is 1.00. The standard InChI is InChI=1S/C44H47N5O3/c1-27(2)35(24-39(50)44(3,4)5)42-46-26-37(47-42)31-19-17-29(18-20-31)28-13-15-30(16-14-28)33-22-36(45-25-33)38-12-9-21-49(38)43(51)41-34-11-8-7-10-32(34)23-40(48-41)52-6/h7-8,10-11,13-20,23,25-27,35,38H,9,12,21-22,24H2,1-6H3,(H,46,47)/t35-,38-/m0/s1. The Bertz CT molecular complexity index is 2170. The molecule has 0 radical (unpaired) electrons. The Morgan fingerprint density at radius 3 is 2.29 bits per heavy atom. The zero-order valence-electron chi connectivity index (χ0n) is 30.9. The van der Waals surface area contributed by atoms with Crippen LogP contribution in [0.2, 0.25) is 0 Å². The summed E-state index contributed by atoms with van der Waals surface area (Å²) in [4.78, 5) is 46.4. The van der Waals surface area contributed by atoms with E-state index in [2.05, 4.69) is 72.3 Å². The number of carbonyl (C=O) groups is 2. The highest BCUT2D eigenvalue weighted by atomic mass is 16.5. The maximum atomic E-state index is 14.0. The zero-order chi connectivity index (χ0) is 36.6. The lowest BCUT2D eigenvalue weighted by Crippen LogP contribution is -2.40. The molecule has 4 heterocycles. The van der Waals surface area contributed by atoms with E-state index in [-0.39, 0.29) is 29.1 Å². The third-order valence-corrected chi connectivity index (χ3v) is 10.6. The molecule has 8 nitrogen and oxygen atoms in total. The summed E-state index contributed by atoms with van der Waals surface area (Å²) in [5.74, 6) is 1.81. The number of nitrogens with one attached hydrogen (secondary N) is 1. The highest BCUT2D eigenvalue weighted by Crippen LogP contribution is 2.35. The van der Waals surface area contributed by atoms with Crippen molar-refractivity contribution in [2.75, 3.05) is 13.7 Å². The van der Waals surface area contributed by atoms with Gasteiger partial charge >= 0.3 is 0 Å². The molecular weight excluding hydrogens is 647 g/mol. The Hall–Kier alpha value is -5.37. The molecule has 5 aromatic rings. The molecule has 52 heavy (non-hydrogen) atoms. The van der Waals surface area contributed by atoms with Crippen LogP contribution >= 0.6 is 0 Å². The lowest BCUT2D eigenvalue weighted by Gasteiger charge is -2.25. The Labute approximate surface area is 306 Å². The Morgan fingerprint density at radius 2 is 1.62 bits per heavy atom. The summed E-state index contributed by atoms with van der Waals surface area (Å²) in [6.45, 7) is 10.9. The average Bonchev–Trinajstić information content (AvgIpc) is 3.94. The molecule has 0 bridgehead atoms. The van der Waals surface area contributed by atoms with Crippen molar-refractivity contribution in [1.29, 1.82) is 0 Å². The Kier molecular flexibility index (Phi) is 9.66. The second-order valence-corrected chi connectivity index (χ2v) is 15.4. The van der Waals surface area contributed by atoms with Gasteiger partial charge in [-0.1, -0.05) is 107 Å². The largest absolute Gasteiger partial charge is 0.481 e. The third kappa shape index (κ3) is 7.07. The van der Waals surface area contributed by atoms with Gasteiger partial charge in [0.25, 0.3) is 5.91 Å². The minimum atomic E-state index is -0.368. The molecule has 2 aliphatic heterocycles. The molecule has 1 N–H and O–H groups in total. The van der Waals surface area contributed by atoms with Gasteiger partial charge < -0.3 is 14.6 Å². The first-order chi connectivity index (χ1) is 25.0. The number of rotatable bonds is 10. The summed E-state index contributed by atoms with van der Waals surface area (Å²) in [6.07, 6.45) is 6.84. The van der Waals surface area contributed by atoms with Crippen molar-refractivity contribution in [3.8, 4) is 28.3 Å². The maximum Gasteiger partial charge on any atom is 0.273 e. The molecule has 0 aliphatic carbocycles. The predicted molar refractivity (Wildman–Crippen MR) is 209 cm³/mol. The van der Waals surface area contributed by atoms with Crippen LogP contribution in [0.1, 0.15) is 88.1 Å². The number of carbonyl (C=O) groups excluding carboxylic acids is 2. The minimum absolute atomic E-state index is 0.0475. The number of benzene rings is 3. The van der Waals surface area contributed by atoms with E-state index < -0.39 is 0 Å². The van der Waals surface area contributed by atoms with Crippen LogP contribution in [0.15, 0.2) is 96.3 Å². The Morgan fingerprint density at radius 1 is 0.942 bits per heavy atom. The van der Waals surface area contributed by atoms with E-state index in [1.54, 1.807) is 7.11 Å². The number of hydrogen-bond acceptors (Lipinski definition) is 6. The molecule has 2 atom stereocenters. The second kappa shape index (κ2) is 14.3. The molecule has 0 spiro atoms. The van der Waals surface area contributed by atoms with E-state index in [1.807, 2.05) is 68.4 Å². The van der Waals surface area contributed by atoms with Crippen molar-refractivity contribution >= 4 is 33.7 Å². The summed E-state index contributed by atoms with van der Waals surface area (Å²) in [7, 11) is 1.58. The molecule has 1 amide bonds. The molecule has 2 aromatic heterocycles. The number of aromatic nitrogens is 3. The van der Waals surface area contributed by atoms with Crippen molar-refractivity contribution in [3.05, 3.63) is 108 Å². The van der Waals surface area contributed by atoms with E-state index in [0.717, 1.165) is 68.7 Å². The first kappa shape index (κ1) is 35.1. The van der Waals surface area contributed by atoms with Crippen molar-refractivity contribution in [3.63, 3.8) is 0 Å². The van der Waals surface area contributed by atoms with Gasteiger partial charge in [-0.25, -0.2) is 9.97 Å². The summed E-state index contributed by atoms with van der Waals surface area (Å²) in [5, 5.41) is 1.76. The number of aliphatic imine (C=N–C) groups is 1. The third-order valence-electron chi connectivity index (χ3n) is 10.6. The fourth-order valence-corrected chi connectivity index (χ4v) is 7.31. The molecule has 3 aromatic carbocycles. The van der Waals surface area contributed by atoms with Crippen molar-refractivity contribution in [1.82, 2.24) is 19.9 Å². The van der Waals surface area contributed by atoms with Gasteiger partial charge in [-0.2, -0.15) is 0 Å². The summed E-state index contributed by atoms with van der Waals surface area (Å²) in [5.41, 5.74) is 7.63. The number of Topliss-reactive ketones (excluding diaryl/α,β-unsaturated/α-hetero) is 1. The smallest absolute Gasteiger partial charge is 0.273 e. The number of ketones is 1. The van der Waals surface area contributed by atoms with E-state index in [0.29, 0.717) is 36.9 Å². The van der Waals surface area contributed by atoms with Gasteiger partial charge in [-0.15, -0.1) is 0 Å². The second-order valence-electron chi connectivity index (χ2n) is 15.4. The number of methoxy groups -OCH3 is 1.